The van der Waals surface area contributed by atoms with Crippen molar-refractivity contribution in [2.75, 3.05) is 13.7 Å². The molecule has 2 N–H and O–H groups in total. The normalized spacial score (nSPS) is 10.3. The summed E-state index contributed by atoms with van der Waals surface area (Å²) in [5.74, 6) is -0.566. The van der Waals surface area contributed by atoms with Crippen molar-refractivity contribution in [3.05, 3.63) is 23.1 Å². The fourth-order valence-electron chi connectivity index (χ4n) is 1.65. The summed E-state index contributed by atoms with van der Waals surface area (Å²) in [4.78, 5) is 14.6. The maximum atomic E-state index is 10.9. The first-order valence-corrected chi connectivity index (χ1v) is 6.62. The monoisotopic (exact) mass is 295 g/mol. The molecule has 7 heteroatoms. The maximum absolute atomic E-state index is 10.9. The number of aromatic carboxylic acids is 1. The third kappa shape index (κ3) is 2.67. The molecule has 1 heterocycles. The Morgan fingerprint density at radius 3 is 2.70 bits per heavy atom. The second kappa shape index (κ2) is 5.79. The van der Waals surface area contributed by atoms with Crippen LogP contribution in [-0.4, -0.2) is 34.9 Å². The van der Waals surface area contributed by atoms with Gasteiger partial charge in [-0.05, 0) is 25.1 Å². The van der Waals surface area contributed by atoms with E-state index < -0.39 is 11.8 Å². The van der Waals surface area contributed by atoms with Gasteiger partial charge in [0.15, 0.2) is 16.4 Å². The molecule has 1 aromatic carbocycles. The van der Waals surface area contributed by atoms with Gasteiger partial charge in [0, 0.05) is 5.56 Å². The lowest BCUT2D eigenvalue weighted by molar-refractivity contribution is 0.0699. The SMILES string of the molecule is CCOc1ccc(-c2nc(O)c(C(=O)O)s2)cc1OC. The molecule has 0 aliphatic carbocycles. The van der Waals surface area contributed by atoms with Crippen molar-refractivity contribution < 1.29 is 24.5 Å². The molecular formula is C13H13NO5S. The van der Waals surface area contributed by atoms with E-state index in [2.05, 4.69) is 4.98 Å². The molecule has 0 saturated carbocycles. The first-order valence-electron chi connectivity index (χ1n) is 5.81. The molecule has 0 atom stereocenters. The van der Waals surface area contributed by atoms with Crippen molar-refractivity contribution in [3.8, 4) is 28.0 Å². The summed E-state index contributed by atoms with van der Waals surface area (Å²) in [6, 6.07) is 5.14. The van der Waals surface area contributed by atoms with Gasteiger partial charge in [-0.2, -0.15) is 0 Å². The number of methoxy groups -OCH3 is 1. The van der Waals surface area contributed by atoms with Gasteiger partial charge in [-0.25, -0.2) is 9.78 Å². The predicted octanol–water partition coefficient (Wildman–Crippen LogP) is 2.62. The molecule has 2 aromatic rings. The third-order valence-corrected chi connectivity index (χ3v) is 3.60. The van der Waals surface area contributed by atoms with Gasteiger partial charge in [0.25, 0.3) is 0 Å². The van der Waals surface area contributed by atoms with Crippen LogP contribution in [0.3, 0.4) is 0 Å². The van der Waals surface area contributed by atoms with Crippen LogP contribution in [0.1, 0.15) is 16.6 Å². The molecule has 0 radical (unpaired) electrons. The number of carboxylic acids is 1. The smallest absolute Gasteiger partial charge is 0.351 e. The number of carbonyl (C=O) groups is 1. The van der Waals surface area contributed by atoms with Gasteiger partial charge in [-0.15, -0.1) is 11.3 Å². The van der Waals surface area contributed by atoms with E-state index in [1.54, 1.807) is 18.2 Å². The number of hydrogen-bond acceptors (Lipinski definition) is 6. The Labute approximate surface area is 119 Å². The summed E-state index contributed by atoms with van der Waals surface area (Å²) < 4.78 is 10.6. The minimum absolute atomic E-state index is 0.187. The number of thiazole rings is 1. The summed E-state index contributed by atoms with van der Waals surface area (Å²) in [5, 5.41) is 18.8. The third-order valence-electron chi connectivity index (χ3n) is 2.51. The molecule has 106 valence electrons. The molecule has 1 aromatic heterocycles. The van der Waals surface area contributed by atoms with E-state index in [0.717, 1.165) is 11.3 Å². The molecule has 0 aliphatic heterocycles. The van der Waals surface area contributed by atoms with Crippen molar-refractivity contribution in [2.24, 2.45) is 0 Å². The fourth-order valence-corrected chi connectivity index (χ4v) is 2.44. The fraction of sp³-hybridized carbons (Fsp3) is 0.231. The summed E-state index contributed by atoms with van der Waals surface area (Å²) in [5.41, 5.74) is 0.651. The zero-order chi connectivity index (χ0) is 14.7. The highest BCUT2D eigenvalue weighted by atomic mass is 32.1. The lowest BCUT2D eigenvalue weighted by atomic mass is 10.2. The first-order chi connectivity index (χ1) is 9.56. The van der Waals surface area contributed by atoms with Crippen LogP contribution in [-0.2, 0) is 0 Å². The molecular weight excluding hydrogens is 282 g/mol. The van der Waals surface area contributed by atoms with Gasteiger partial charge in [0.2, 0.25) is 5.88 Å². The molecule has 0 bridgehead atoms. The number of nitrogens with zero attached hydrogens (tertiary/aromatic N) is 1. The minimum Gasteiger partial charge on any atom is -0.493 e. The van der Waals surface area contributed by atoms with Crippen LogP contribution in [0.5, 0.6) is 17.4 Å². The number of carboxylic acid groups (broad SMARTS) is 1. The Morgan fingerprint density at radius 1 is 1.40 bits per heavy atom. The Bertz CT molecular complexity index is 638. The minimum atomic E-state index is -1.20. The summed E-state index contributed by atoms with van der Waals surface area (Å²) >= 11 is 0.902. The van der Waals surface area contributed by atoms with Crippen molar-refractivity contribution in [1.29, 1.82) is 0 Å². The van der Waals surface area contributed by atoms with E-state index >= 15 is 0 Å². The van der Waals surface area contributed by atoms with Crippen molar-refractivity contribution in [2.45, 2.75) is 6.92 Å². The molecule has 6 nitrogen and oxygen atoms in total. The van der Waals surface area contributed by atoms with Gasteiger partial charge >= 0.3 is 5.97 Å². The highest BCUT2D eigenvalue weighted by Gasteiger charge is 2.18. The van der Waals surface area contributed by atoms with Gasteiger partial charge in [-0.1, -0.05) is 0 Å². The number of aromatic nitrogens is 1. The molecule has 0 amide bonds. The van der Waals surface area contributed by atoms with Crippen molar-refractivity contribution in [1.82, 2.24) is 4.98 Å². The van der Waals surface area contributed by atoms with E-state index in [1.807, 2.05) is 6.92 Å². The maximum Gasteiger partial charge on any atom is 0.351 e. The van der Waals surface area contributed by atoms with Gasteiger partial charge in [0.05, 0.1) is 13.7 Å². The van der Waals surface area contributed by atoms with E-state index in [-0.39, 0.29) is 4.88 Å². The number of hydrogen-bond donors (Lipinski definition) is 2. The van der Waals surface area contributed by atoms with Crippen molar-refractivity contribution in [3.63, 3.8) is 0 Å². The highest BCUT2D eigenvalue weighted by molar-refractivity contribution is 7.17. The molecule has 2 rings (SSSR count). The van der Waals surface area contributed by atoms with Crippen LogP contribution in [0.2, 0.25) is 0 Å². The summed E-state index contributed by atoms with van der Waals surface area (Å²) in [7, 11) is 1.52. The van der Waals surface area contributed by atoms with Crippen LogP contribution < -0.4 is 9.47 Å². The number of benzene rings is 1. The van der Waals surface area contributed by atoms with Crippen LogP contribution in [0.25, 0.3) is 10.6 Å². The predicted molar refractivity (Wildman–Crippen MR) is 73.9 cm³/mol. The average molecular weight is 295 g/mol. The average Bonchev–Trinajstić information content (AvgIpc) is 2.82. The lowest BCUT2D eigenvalue weighted by Gasteiger charge is -2.09. The zero-order valence-corrected chi connectivity index (χ0v) is 11.7. The van der Waals surface area contributed by atoms with Crippen LogP contribution >= 0.6 is 11.3 Å². The Morgan fingerprint density at radius 2 is 2.15 bits per heavy atom. The van der Waals surface area contributed by atoms with Crippen molar-refractivity contribution >= 4 is 17.3 Å². The van der Waals surface area contributed by atoms with Crippen LogP contribution in [0, 0.1) is 0 Å². The van der Waals surface area contributed by atoms with Gasteiger partial charge < -0.3 is 19.7 Å². The quantitative estimate of drug-likeness (QED) is 0.881. The number of aromatic hydroxyl groups is 1. The summed E-state index contributed by atoms with van der Waals surface area (Å²) in [6.07, 6.45) is 0. The molecule has 20 heavy (non-hydrogen) atoms. The topological polar surface area (TPSA) is 88.9 Å². The second-order valence-corrected chi connectivity index (χ2v) is 4.77. The zero-order valence-electron chi connectivity index (χ0n) is 10.9. The van der Waals surface area contributed by atoms with E-state index in [4.69, 9.17) is 14.6 Å². The molecule has 0 aliphatic rings. The van der Waals surface area contributed by atoms with E-state index in [9.17, 15) is 9.90 Å². The highest BCUT2D eigenvalue weighted by Crippen LogP contribution is 2.36. The lowest BCUT2D eigenvalue weighted by Crippen LogP contribution is -1.95. The van der Waals surface area contributed by atoms with Gasteiger partial charge in [-0.3, -0.25) is 0 Å². The van der Waals surface area contributed by atoms with Gasteiger partial charge in [0.1, 0.15) is 5.01 Å². The Kier molecular flexibility index (Phi) is 4.09. The Balaban J connectivity index is 2.42. The van der Waals surface area contributed by atoms with Crippen LogP contribution in [0.15, 0.2) is 18.2 Å². The number of rotatable bonds is 5. The molecule has 0 spiro atoms. The molecule has 0 saturated heterocycles. The van der Waals surface area contributed by atoms with Crippen LogP contribution in [0.4, 0.5) is 0 Å². The second-order valence-electron chi connectivity index (χ2n) is 3.78. The molecule has 0 fully saturated rings. The molecule has 0 unspecified atom stereocenters. The number of ether oxygens (including phenoxy) is 2. The standard InChI is InChI=1S/C13H13NO5S/c1-3-19-8-5-4-7(6-9(8)18-2)12-14-11(15)10(20-12)13(16)17/h4-6,15H,3H2,1-2H3,(H,16,17). The summed E-state index contributed by atoms with van der Waals surface area (Å²) in [6.45, 7) is 2.38. The van der Waals surface area contributed by atoms with E-state index in [1.165, 1.54) is 7.11 Å². The largest absolute Gasteiger partial charge is 0.493 e. The van der Waals surface area contributed by atoms with E-state index in [0.29, 0.717) is 28.7 Å². The first kappa shape index (κ1) is 14.1. The Hall–Kier alpha value is -2.28.